The number of unbranched alkanes of at least 4 members (excludes halogenated alkanes) is 1. The highest BCUT2D eigenvalue weighted by atomic mass is 32.2. The van der Waals surface area contributed by atoms with Crippen molar-refractivity contribution in [3.8, 4) is 0 Å². The number of aryl methyl sites for hydroxylation is 2. The van der Waals surface area contributed by atoms with Crippen molar-refractivity contribution in [1.82, 2.24) is 10.6 Å². The molecule has 0 heterocycles. The molecule has 38 heavy (non-hydrogen) atoms. The molecule has 0 radical (unpaired) electrons. The summed E-state index contributed by atoms with van der Waals surface area (Å²) in [5.41, 5.74) is 7.02. The molecule has 0 bridgehead atoms. The Morgan fingerprint density at radius 2 is 1.79 bits per heavy atom. The molecule has 0 aliphatic heterocycles. The second-order valence-electron chi connectivity index (χ2n) is 9.49. The SMILES string of the molecule is C=C/C=C\C(=C/C)CN/C(C)=C/C(=C\C(C)=C(\C=C)SF)C(CCCCc1ccc(C)cc1)CCNC=C. The molecule has 0 spiro atoms. The van der Waals surface area contributed by atoms with E-state index in [0.717, 1.165) is 56.5 Å². The number of rotatable bonds is 19. The van der Waals surface area contributed by atoms with E-state index in [1.807, 2.05) is 19.9 Å². The van der Waals surface area contributed by atoms with E-state index in [1.54, 1.807) is 18.4 Å². The Labute approximate surface area is 236 Å². The van der Waals surface area contributed by atoms with Crippen molar-refractivity contribution in [2.24, 2.45) is 5.92 Å². The molecule has 0 saturated carbocycles. The summed E-state index contributed by atoms with van der Waals surface area (Å²) in [6.45, 7) is 21.1. The van der Waals surface area contributed by atoms with Gasteiger partial charge < -0.3 is 10.6 Å². The zero-order valence-electron chi connectivity index (χ0n) is 23.9. The summed E-state index contributed by atoms with van der Waals surface area (Å²) in [6.07, 6.45) is 20.9. The smallest absolute Gasteiger partial charge is 0.0814 e. The Hall–Kier alpha value is -2.98. The van der Waals surface area contributed by atoms with Crippen LogP contribution in [0.15, 0.2) is 120 Å². The fourth-order valence-corrected chi connectivity index (χ4v) is 4.40. The van der Waals surface area contributed by atoms with Gasteiger partial charge in [-0.15, -0.1) is 0 Å². The van der Waals surface area contributed by atoms with E-state index in [9.17, 15) is 3.89 Å². The molecule has 1 atom stereocenters. The molecule has 1 aromatic carbocycles. The van der Waals surface area contributed by atoms with E-state index >= 15 is 0 Å². The maximum absolute atomic E-state index is 13.5. The summed E-state index contributed by atoms with van der Waals surface area (Å²) in [5, 5.41) is 6.80. The number of benzene rings is 1. The van der Waals surface area contributed by atoms with Crippen molar-refractivity contribution in [1.29, 1.82) is 0 Å². The van der Waals surface area contributed by atoms with Crippen LogP contribution in [-0.4, -0.2) is 13.1 Å². The summed E-state index contributed by atoms with van der Waals surface area (Å²) >= 11 is 0.249. The lowest BCUT2D eigenvalue weighted by molar-refractivity contribution is 0.488. The maximum Gasteiger partial charge on any atom is 0.0814 e. The number of halogens is 1. The molecule has 1 rings (SSSR count). The Morgan fingerprint density at radius 1 is 1.05 bits per heavy atom. The van der Waals surface area contributed by atoms with E-state index in [1.165, 1.54) is 22.3 Å². The first-order chi connectivity index (χ1) is 18.4. The van der Waals surface area contributed by atoms with Crippen molar-refractivity contribution >= 4 is 12.1 Å². The van der Waals surface area contributed by atoms with Crippen LogP contribution >= 0.6 is 12.1 Å². The van der Waals surface area contributed by atoms with E-state index in [0.29, 0.717) is 10.8 Å². The Kier molecular flexibility index (Phi) is 17.4. The number of hydrogen-bond acceptors (Lipinski definition) is 3. The topological polar surface area (TPSA) is 24.1 Å². The van der Waals surface area contributed by atoms with Crippen molar-refractivity contribution in [2.45, 2.75) is 59.8 Å². The van der Waals surface area contributed by atoms with Gasteiger partial charge in [0.15, 0.2) is 0 Å². The zero-order valence-corrected chi connectivity index (χ0v) is 24.7. The molecule has 1 unspecified atom stereocenters. The van der Waals surface area contributed by atoms with Crippen LogP contribution in [0.1, 0.15) is 57.6 Å². The minimum Gasteiger partial charge on any atom is -0.391 e. The van der Waals surface area contributed by atoms with Crippen molar-refractivity contribution in [3.05, 3.63) is 131 Å². The minimum atomic E-state index is 0.249. The van der Waals surface area contributed by atoms with Gasteiger partial charge in [-0.05, 0) is 93.9 Å². The lowest BCUT2D eigenvalue weighted by Crippen LogP contribution is -2.17. The molecule has 2 N–H and O–H groups in total. The molecule has 2 nitrogen and oxygen atoms in total. The summed E-state index contributed by atoms with van der Waals surface area (Å²) in [5.74, 6) is 0.324. The van der Waals surface area contributed by atoms with Gasteiger partial charge in [-0.1, -0.05) is 92.4 Å². The van der Waals surface area contributed by atoms with Crippen LogP contribution in [0.5, 0.6) is 0 Å². The largest absolute Gasteiger partial charge is 0.391 e. The quantitative estimate of drug-likeness (QED) is 0.136. The van der Waals surface area contributed by atoms with Gasteiger partial charge in [0.25, 0.3) is 0 Å². The lowest BCUT2D eigenvalue weighted by atomic mass is 9.87. The summed E-state index contributed by atoms with van der Waals surface area (Å²) in [4.78, 5) is 0.551. The van der Waals surface area contributed by atoms with Crippen LogP contribution < -0.4 is 10.6 Å². The summed E-state index contributed by atoms with van der Waals surface area (Å²) < 4.78 is 13.5. The van der Waals surface area contributed by atoms with Crippen molar-refractivity contribution in [2.75, 3.05) is 13.1 Å². The maximum atomic E-state index is 13.5. The van der Waals surface area contributed by atoms with E-state index in [-0.39, 0.29) is 12.1 Å². The predicted molar refractivity (Wildman–Crippen MR) is 170 cm³/mol. The molecular formula is C34H47FN2S. The lowest BCUT2D eigenvalue weighted by Gasteiger charge is -2.21. The highest BCUT2D eigenvalue weighted by molar-refractivity contribution is 7.98. The van der Waals surface area contributed by atoms with Gasteiger partial charge in [0.2, 0.25) is 0 Å². The van der Waals surface area contributed by atoms with Crippen LogP contribution in [0.4, 0.5) is 3.89 Å². The number of allylic oxidation sites excluding steroid dienone is 9. The minimum absolute atomic E-state index is 0.249. The Bertz CT molecular complexity index is 1030. The number of hydrogen-bond donors (Lipinski definition) is 2. The van der Waals surface area contributed by atoms with Crippen LogP contribution in [0, 0.1) is 12.8 Å². The molecule has 0 amide bonds. The zero-order chi connectivity index (χ0) is 28.2. The average Bonchev–Trinajstić information content (AvgIpc) is 2.91. The van der Waals surface area contributed by atoms with Gasteiger partial charge in [-0.25, -0.2) is 0 Å². The van der Waals surface area contributed by atoms with Gasteiger partial charge in [0.1, 0.15) is 0 Å². The van der Waals surface area contributed by atoms with Crippen LogP contribution in [0.3, 0.4) is 0 Å². The molecule has 0 aliphatic rings. The summed E-state index contributed by atoms with van der Waals surface area (Å²) in [6, 6.07) is 8.82. The van der Waals surface area contributed by atoms with E-state index < -0.39 is 0 Å². The fraction of sp³-hybridized carbons (Fsp3) is 0.353. The van der Waals surface area contributed by atoms with Crippen molar-refractivity contribution in [3.63, 3.8) is 0 Å². The Morgan fingerprint density at radius 3 is 2.39 bits per heavy atom. The van der Waals surface area contributed by atoms with Gasteiger partial charge >= 0.3 is 0 Å². The molecule has 1 aromatic rings. The van der Waals surface area contributed by atoms with Gasteiger partial charge in [-0.3, -0.25) is 0 Å². The molecule has 0 fully saturated rings. The predicted octanol–water partition coefficient (Wildman–Crippen LogP) is 9.63. The first kappa shape index (κ1) is 33.0. The molecular weight excluding hydrogens is 487 g/mol. The fourth-order valence-electron chi connectivity index (χ4n) is 4.16. The summed E-state index contributed by atoms with van der Waals surface area (Å²) in [7, 11) is 0. The second kappa shape index (κ2) is 20.0. The van der Waals surface area contributed by atoms with Crippen LogP contribution in [0.2, 0.25) is 0 Å². The molecule has 206 valence electrons. The first-order valence-electron chi connectivity index (χ1n) is 13.5. The molecule has 0 aliphatic carbocycles. The van der Waals surface area contributed by atoms with Gasteiger partial charge in [0.05, 0.1) is 12.1 Å². The highest BCUT2D eigenvalue weighted by Gasteiger charge is 2.14. The van der Waals surface area contributed by atoms with Crippen LogP contribution in [-0.2, 0) is 6.42 Å². The average molecular weight is 535 g/mol. The first-order valence-corrected chi connectivity index (χ1v) is 14.2. The molecule has 0 saturated heterocycles. The molecule has 4 heteroatoms. The van der Waals surface area contributed by atoms with Crippen LogP contribution in [0.25, 0.3) is 0 Å². The Balaban J connectivity index is 3.17. The standard InChI is InChI=1S/C34H47FN2S/c1-8-12-15-30(9-2)26-37-29(7)25-33(24-28(6)34(10-3)38-35)32(22-23-36-11-4)17-14-13-16-31-20-18-27(5)19-21-31/h8-12,15,18-21,24-25,32,36-37H,1,3-4,13-14,16-17,22-23,26H2,2,5-7H3/b15-12-,29-25+,30-9+,33-24+,34-28-. The normalized spacial score (nSPS) is 14.2. The van der Waals surface area contributed by atoms with Crippen molar-refractivity contribution < 1.29 is 3.89 Å². The third kappa shape index (κ3) is 13.5. The van der Waals surface area contributed by atoms with Gasteiger partial charge in [-0.2, -0.15) is 3.89 Å². The third-order valence-electron chi connectivity index (χ3n) is 6.45. The van der Waals surface area contributed by atoms with E-state index in [4.69, 9.17) is 0 Å². The number of nitrogens with one attached hydrogen (secondary N) is 2. The monoisotopic (exact) mass is 534 g/mol. The van der Waals surface area contributed by atoms with E-state index in [2.05, 4.69) is 92.8 Å². The second-order valence-corrected chi connectivity index (χ2v) is 10.1. The van der Waals surface area contributed by atoms with Gasteiger partial charge in [0, 0.05) is 23.7 Å². The molecule has 0 aromatic heterocycles. The highest BCUT2D eigenvalue weighted by Crippen LogP contribution is 2.29. The third-order valence-corrected chi connectivity index (χ3v) is 7.11.